The summed E-state index contributed by atoms with van der Waals surface area (Å²) in [5.41, 5.74) is 0. The van der Waals surface area contributed by atoms with Gasteiger partial charge in [-0.25, -0.2) is 0 Å². The van der Waals surface area contributed by atoms with E-state index in [0.717, 1.165) is 12.8 Å². The summed E-state index contributed by atoms with van der Waals surface area (Å²) in [5.74, 6) is -0.314. The molecule has 0 radical (unpaired) electrons. The van der Waals surface area contributed by atoms with E-state index < -0.39 is 16.6 Å². The lowest BCUT2D eigenvalue weighted by atomic mass is 9.75. The molecule has 1 aliphatic carbocycles. The van der Waals surface area contributed by atoms with Crippen LogP contribution in [0.1, 0.15) is 67.7 Å². The maximum absolute atomic E-state index is 13.5. The van der Waals surface area contributed by atoms with Crippen molar-refractivity contribution < 1.29 is 18.4 Å². The van der Waals surface area contributed by atoms with Gasteiger partial charge >= 0.3 is 5.97 Å². The fourth-order valence-corrected chi connectivity index (χ4v) is 12.1. The van der Waals surface area contributed by atoms with E-state index >= 15 is 0 Å². The molecule has 44 heavy (non-hydrogen) atoms. The minimum Gasteiger partial charge on any atom is -0.458 e. The Balaban J connectivity index is 2.21. The van der Waals surface area contributed by atoms with Crippen molar-refractivity contribution in [2.75, 3.05) is 0 Å². The van der Waals surface area contributed by atoms with Crippen molar-refractivity contribution in [1.82, 2.24) is 0 Å². The van der Waals surface area contributed by atoms with Gasteiger partial charge in [-0.15, -0.1) is 6.58 Å². The van der Waals surface area contributed by atoms with Gasteiger partial charge in [-0.3, -0.25) is 4.79 Å². The highest BCUT2D eigenvalue weighted by Gasteiger charge is 2.54. The Labute approximate surface area is 269 Å². The molecule has 6 heteroatoms. The average molecular weight is 633 g/mol. The second kappa shape index (κ2) is 14.7. The number of ether oxygens (including phenoxy) is 1. The van der Waals surface area contributed by atoms with Crippen molar-refractivity contribution >= 4 is 33.0 Å². The molecule has 0 heterocycles. The number of carbonyl (C=O) groups is 1. The highest BCUT2D eigenvalue weighted by molar-refractivity contribution is 6.99. The molecule has 0 fully saturated rings. The zero-order chi connectivity index (χ0) is 32.8. The first-order valence-electron chi connectivity index (χ1n) is 16.2. The maximum atomic E-state index is 13.5. The monoisotopic (exact) mass is 632 g/mol. The van der Waals surface area contributed by atoms with Crippen LogP contribution in [0.15, 0.2) is 98.1 Å². The third-order valence-electron chi connectivity index (χ3n) is 9.61. The van der Waals surface area contributed by atoms with Crippen molar-refractivity contribution in [2.45, 2.75) is 109 Å². The van der Waals surface area contributed by atoms with Crippen LogP contribution < -0.4 is 10.4 Å². The first-order chi connectivity index (χ1) is 20.6. The van der Waals surface area contributed by atoms with Crippen molar-refractivity contribution in [3.63, 3.8) is 0 Å². The van der Waals surface area contributed by atoms with Crippen molar-refractivity contribution in [3.05, 3.63) is 98.1 Å². The third kappa shape index (κ3) is 8.19. The number of hydrogen-bond acceptors (Lipinski definition) is 4. The highest BCUT2D eigenvalue weighted by atomic mass is 28.4. The fraction of sp³-hybridized carbons (Fsp3) is 0.500. The Kier molecular flexibility index (Phi) is 12.0. The Hall–Kier alpha value is -2.52. The molecule has 0 aliphatic heterocycles. The predicted molar refractivity (Wildman–Crippen MR) is 190 cm³/mol. The van der Waals surface area contributed by atoms with E-state index in [-0.39, 0.29) is 52.6 Å². The SMILES string of the molecule is C=CCC[C@@H]1[C@@H](CC(=O)OC(C)C=C)[C@@H](O[Si](c2ccccc2)(c2ccccc2)C(C)(C)C)C=C[C@H]1O[Si](C)(C)C(C)(C)C. The molecule has 2 aromatic carbocycles. The second-order valence-electron chi connectivity index (χ2n) is 14.8. The number of hydrogen-bond donors (Lipinski definition) is 0. The molecular weight excluding hydrogens is 577 g/mol. The van der Waals surface area contributed by atoms with Crippen LogP contribution in [-0.4, -0.2) is 40.9 Å². The number of benzene rings is 2. The summed E-state index contributed by atoms with van der Waals surface area (Å²) in [5, 5.41) is 2.30. The summed E-state index contributed by atoms with van der Waals surface area (Å²) in [4.78, 5) is 13.5. The van der Waals surface area contributed by atoms with E-state index in [1.165, 1.54) is 10.4 Å². The van der Waals surface area contributed by atoms with E-state index in [0.29, 0.717) is 0 Å². The summed E-state index contributed by atoms with van der Waals surface area (Å²) in [7, 11) is -5.02. The maximum Gasteiger partial charge on any atom is 0.306 e. The smallest absolute Gasteiger partial charge is 0.306 e. The topological polar surface area (TPSA) is 44.8 Å². The molecule has 0 amide bonds. The Bertz CT molecular complexity index is 1220. The molecule has 0 spiro atoms. The van der Waals surface area contributed by atoms with Crippen LogP contribution in [0.3, 0.4) is 0 Å². The van der Waals surface area contributed by atoms with Crippen LogP contribution in [0, 0.1) is 11.8 Å². The fourth-order valence-electron chi connectivity index (χ4n) is 6.11. The quantitative estimate of drug-likeness (QED) is 0.126. The number of esters is 1. The number of carbonyl (C=O) groups excluding carboxylic acids is 1. The molecule has 2 aromatic rings. The van der Waals surface area contributed by atoms with Crippen LogP contribution in [0.4, 0.5) is 0 Å². The molecule has 0 saturated heterocycles. The van der Waals surface area contributed by atoms with Crippen LogP contribution in [-0.2, 0) is 18.4 Å². The summed E-state index contributed by atoms with van der Waals surface area (Å²) in [6, 6.07) is 21.4. The Morgan fingerprint density at radius 2 is 1.32 bits per heavy atom. The number of rotatable bonds is 13. The average Bonchev–Trinajstić information content (AvgIpc) is 2.95. The van der Waals surface area contributed by atoms with Crippen LogP contribution in [0.5, 0.6) is 0 Å². The molecule has 0 N–H and O–H groups in total. The van der Waals surface area contributed by atoms with Gasteiger partial charge in [0.05, 0.1) is 18.6 Å². The van der Waals surface area contributed by atoms with Gasteiger partial charge in [0.25, 0.3) is 8.32 Å². The van der Waals surface area contributed by atoms with Crippen molar-refractivity contribution in [1.29, 1.82) is 0 Å². The molecule has 1 aliphatic rings. The molecule has 5 atom stereocenters. The largest absolute Gasteiger partial charge is 0.458 e. The summed E-state index contributed by atoms with van der Waals surface area (Å²) in [6.07, 6.45) is 9.18. The van der Waals surface area contributed by atoms with Gasteiger partial charge in [-0.2, -0.15) is 0 Å². The van der Waals surface area contributed by atoms with E-state index in [9.17, 15) is 4.79 Å². The van der Waals surface area contributed by atoms with Crippen molar-refractivity contribution in [3.8, 4) is 0 Å². The normalized spacial score (nSPS) is 21.8. The lowest BCUT2D eigenvalue weighted by Crippen LogP contribution is -2.68. The molecule has 0 aromatic heterocycles. The van der Waals surface area contributed by atoms with E-state index in [2.05, 4.69) is 141 Å². The van der Waals surface area contributed by atoms with Gasteiger partial charge < -0.3 is 13.6 Å². The van der Waals surface area contributed by atoms with Gasteiger partial charge in [0.2, 0.25) is 0 Å². The summed E-state index contributed by atoms with van der Waals surface area (Å²) >= 11 is 0. The summed E-state index contributed by atoms with van der Waals surface area (Å²) in [6.45, 7) is 28.0. The van der Waals surface area contributed by atoms with Gasteiger partial charge in [0.15, 0.2) is 8.32 Å². The minimum absolute atomic E-state index is 0.0555. The minimum atomic E-state index is -2.90. The lowest BCUT2D eigenvalue weighted by Gasteiger charge is -2.49. The second-order valence-corrected chi connectivity index (χ2v) is 23.8. The molecule has 0 saturated carbocycles. The highest BCUT2D eigenvalue weighted by Crippen LogP contribution is 2.45. The Morgan fingerprint density at radius 3 is 1.75 bits per heavy atom. The van der Waals surface area contributed by atoms with Gasteiger partial charge in [0.1, 0.15) is 6.10 Å². The standard InChI is InChI=1S/C38H56O4Si2/c1-12-14-25-32-33(28-36(39)40-29(3)13-2)35(27-26-34(32)41-43(10,11)37(4,5)6)42-44(38(7,8)9,30-21-17-15-18-22-30)31-23-19-16-20-24-31/h12-13,15-24,26-27,29,32-35H,1-2,14,25,28H2,3-11H3/t29?,32-,33-,34-,35+/m1/s1. The molecule has 4 nitrogen and oxygen atoms in total. The first kappa shape index (κ1) is 36.0. The molecular formula is C38H56O4Si2. The van der Waals surface area contributed by atoms with Gasteiger partial charge in [0, 0.05) is 5.92 Å². The molecule has 1 unspecified atom stereocenters. The first-order valence-corrected chi connectivity index (χ1v) is 21.0. The molecule has 0 bridgehead atoms. The van der Waals surface area contributed by atoms with Crippen LogP contribution in [0.25, 0.3) is 0 Å². The lowest BCUT2D eigenvalue weighted by molar-refractivity contribution is -0.149. The molecule has 3 rings (SSSR count). The van der Waals surface area contributed by atoms with Gasteiger partial charge in [-0.1, -0.05) is 133 Å². The van der Waals surface area contributed by atoms with E-state index in [1.807, 2.05) is 13.0 Å². The Morgan fingerprint density at radius 1 is 0.818 bits per heavy atom. The van der Waals surface area contributed by atoms with Crippen molar-refractivity contribution in [2.24, 2.45) is 11.8 Å². The predicted octanol–water partition coefficient (Wildman–Crippen LogP) is 8.60. The van der Waals surface area contributed by atoms with Crippen LogP contribution >= 0.6 is 0 Å². The number of allylic oxidation sites excluding steroid dienone is 1. The zero-order valence-corrected chi connectivity index (χ0v) is 30.6. The van der Waals surface area contributed by atoms with E-state index in [1.54, 1.807) is 6.08 Å². The molecule has 240 valence electrons. The van der Waals surface area contributed by atoms with E-state index in [4.69, 9.17) is 13.6 Å². The summed E-state index contributed by atoms with van der Waals surface area (Å²) < 4.78 is 20.5. The zero-order valence-electron chi connectivity index (χ0n) is 28.6. The van der Waals surface area contributed by atoms with Gasteiger partial charge in [-0.05, 0) is 59.2 Å². The third-order valence-corrected chi connectivity index (χ3v) is 19.1. The van der Waals surface area contributed by atoms with Crippen LogP contribution in [0.2, 0.25) is 23.2 Å².